The lowest BCUT2D eigenvalue weighted by molar-refractivity contribution is -0.114. The van der Waals surface area contributed by atoms with Crippen LogP contribution in [-0.4, -0.2) is 25.6 Å². The minimum Gasteiger partial charge on any atom is -0.497 e. The molecule has 0 spiro atoms. The maximum Gasteiger partial charge on any atom is 0.156 e. The van der Waals surface area contributed by atoms with Crippen molar-refractivity contribution in [3.05, 3.63) is 52.6 Å². The van der Waals surface area contributed by atoms with Gasteiger partial charge in [0.05, 0.1) is 7.11 Å². The van der Waals surface area contributed by atoms with E-state index in [0.717, 1.165) is 44.3 Å². The summed E-state index contributed by atoms with van der Waals surface area (Å²) in [6.07, 6.45) is 14.7. The van der Waals surface area contributed by atoms with Gasteiger partial charge in [0.2, 0.25) is 0 Å². The highest BCUT2D eigenvalue weighted by atomic mass is 16.5. The Labute approximate surface area is 185 Å². The molecule has 0 bridgehead atoms. The second kappa shape index (κ2) is 7.38. The van der Waals surface area contributed by atoms with E-state index in [9.17, 15) is 4.79 Å². The summed E-state index contributed by atoms with van der Waals surface area (Å²) < 4.78 is 11.5. The molecule has 162 valence electrons. The fourth-order valence-corrected chi connectivity index (χ4v) is 7.41. The van der Waals surface area contributed by atoms with E-state index >= 15 is 0 Å². The van der Waals surface area contributed by atoms with E-state index in [0.29, 0.717) is 24.2 Å². The summed E-state index contributed by atoms with van der Waals surface area (Å²) in [7, 11) is 3.50. The van der Waals surface area contributed by atoms with Gasteiger partial charge < -0.3 is 9.47 Å². The normalized spacial score (nSPS) is 36.8. The lowest BCUT2D eigenvalue weighted by Crippen LogP contribution is -2.51. The lowest BCUT2D eigenvalue weighted by atomic mass is 9.51. The number of hydrogen-bond donors (Lipinski definition) is 0. The van der Waals surface area contributed by atoms with Crippen molar-refractivity contribution < 1.29 is 14.3 Å². The number of hydrogen-bond acceptors (Lipinski definition) is 3. The SMILES string of the molecule is C#C[C@]1(OC)CC[C@H]2[C@@H]3CCC4=CC(=O)CCC4=C3[C@@H](c3ccc(OC)cc3)CC21C. The molecule has 0 aromatic heterocycles. The number of allylic oxidation sites excluding steroid dienone is 4. The molecule has 0 saturated heterocycles. The maximum absolute atomic E-state index is 12.1. The fourth-order valence-electron chi connectivity index (χ4n) is 7.41. The van der Waals surface area contributed by atoms with Gasteiger partial charge in [-0.25, -0.2) is 0 Å². The van der Waals surface area contributed by atoms with Crippen molar-refractivity contribution in [2.45, 2.75) is 63.4 Å². The van der Waals surface area contributed by atoms with Crippen LogP contribution < -0.4 is 4.74 Å². The van der Waals surface area contributed by atoms with Gasteiger partial charge in [0.15, 0.2) is 5.78 Å². The van der Waals surface area contributed by atoms with Crippen LogP contribution in [-0.2, 0) is 9.53 Å². The van der Waals surface area contributed by atoms with Gasteiger partial charge in [0.25, 0.3) is 0 Å². The van der Waals surface area contributed by atoms with Crippen molar-refractivity contribution in [3.63, 3.8) is 0 Å². The zero-order valence-electron chi connectivity index (χ0n) is 18.9. The number of ketones is 1. The minimum absolute atomic E-state index is 0.0679. The zero-order chi connectivity index (χ0) is 21.8. The zero-order valence-corrected chi connectivity index (χ0v) is 18.9. The van der Waals surface area contributed by atoms with Crippen molar-refractivity contribution >= 4 is 5.78 Å². The maximum atomic E-state index is 12.1. The molecule has 3 nitrogen and oxygen atoms in total. The highest BCUT2D eigenvalue weighted by Gasteiger charge is 2.63. The van der Waals surface area contributed by atoms with Crippen LogP contribution in [0.5, 0.6) is 5.75 Å². The second-order valence-electron chi connectivity index (χ2n) is 9.98. The number of fused-ring (bicyclic) bond motifs is 4. The molecule has 5 rings (SSSR count). The predicted octanol–water partition coefficient (Wildman–Crippen LogP) is 5.61. The van der Waals surface area contributed by atoms with Crippen molar-refractivity contribution in [2.24, 2.45) is 17.3 Å². The summed E-state index contributed by atoms with van der Waals surface area (Å²) in [6, 6.07) is 8.55. The molecular formula is C28H32O3. The first-order chi connectivity index (χ1) is 15.0. The molecule has 2 saturated carbocycles. The second-order valence-corrected chi connectivity index (χ2v) is 9.98. The molecular weight excluding hydrogens is 384 g/mol. The van der Waals surface area contributed by atoms with E-state index in [1.54, 1.807) is 19.8 Å². The number of rotatable bonds is 3. The smallest absolute Gasteiger partial charge is 0.156 e. The van der Waals surface area contributed by atoms with E-state index < -0.39 is 5.60 Å². The number of terminal acetylenes is 1. The molecule has 0 radical (unpaired) electrons. The van der Waals surface area contributed by atoms with Gasteiger partial charge >= 0.3 is 0 Å². The first-order valence-electron chi connectivity index (χ1n) is 11.6. The Morgan fingerprint density at radius 2 is 1.87 bits per heavy atom. The first-order valence-corrected chi connectivity index (χ1v) is 11.6. The monoisotopic (exact) mass is 416 g/mol. The topological polar surface area (TPSA) is 35.5 Å². The average molecular weight is 417 g/mol. The van der Waals surface area contributed by atoms with Gasteiger partial charge in [-0.1, -0.05) is 30.6 Å². The summed E-state index contributed by atoms with van der Waals surface area (Å²) >= 11 is 0. The fraction of sp³-hybridized carbons (Fsp3) is 0.536. The third-order valence-corrected chi connectivity index (χ3v) is 8.95. The molecule has 0 amide bonds. The third-order valence-electron chi connectivity index (χ3n) is 8.95. The van der Waals surface area contributed by atoms with Crippen LogP contribution in [0.3, 0.4) is 0 Å². The largest absolute Gasteiger partial charge is 0.497 e. The molecule has 2 fully saturated rings. The van der Waals surface area contributed by atoms with Crippen molar-refractivity contribution in [1.29, 1.82) is 0 Å². The van der Waals surface area contributed by atoms with E-state index in [-0.39, 0.29) is 11.2 Å². The van der Waals surface area contributed by atoms with Gasteiger partial charge in [0.1, 0.15) is 11.4 Å². The van der Waals surface area contributed by atoms with Crippen molar-refractivity contribution in [1.82, 2.24) is 0 Å². The highest BCUT2D eigenvalue weighted by Crippen LogP contribution is 2.67. The Morgan fingerprint density at radius 1 is 1.10 bits per heavy atom. The Bertz CT molecular complexity index is 1010. The third kappa shape index (κ3) is 2.88. The number of carbonyl (C=O) groups excluding carboxylic acids is 1. The van der Waals surface area contributed by atoms with Gasteiger partial charge in [-0.3, -0.25) is 4.79 Å². The van der Waals surface area contributed by atoms with Crippen LogP contribution in [0.15, 0.2) is 47.1 Å². The lowest BCUT2D eigenvalue weighted by Gasteiger charge is -2.54. The minimum atomic E-state index is -0.503. The summed E-state index contributed by atoms with van der Waals surface area (Å²) in [5.74, 6) is 5.59. The van der Waals surface area contributed by atoms with Crippen molar-refractivity contribution in [2.75, 3.05) is 14.2 Å². The quantitative estimate of drug-likeness (QED) is 0.601. The Hall–Kier alpha value is -2.31. The molecule has 0 N–H and O–H groups in total. The molecule has 1 aromatic rings. The van der Waals surface area contributed by atoms with Crippen molar-refractivity contribution in [3.8, 4) is 18.1 Å². The van der Waals surface area contributed by atoms with Gasteiger partial charge in [-0.2, -0.15) is 0 Å². The standard InChI is InChI=1S/C28H32O3/c1-5-28(31-4)15-14-25-23-12-8-19-16-20(29)9-13-22(19)26(23)24(17-27(25,28)2)18-6-10-21(30-3)11-7-18/h1,6-7,10-11,16,23-25H,8-9,12-15,17H2,2-4H3/t23-,24+,25-,27?,28-/m0/s1. The Kier molecular flexibility index (Phi) is 4.90. The van der Waals surface area contributed by atoms with Crippen LogP contribution in [0.25, 0.3) is 0 Å². The Morgan fingerprint density at radius 3 is 2.55 bits per heavy atom. The molecule has 5 atom stereocenters. The van der Waals surface area contributed by atoms with E-state index in [1.165, 1.54) is 16.7 Å². The molecule has 4 aliphatic rings. The van der Waals surface area contributed by atoms with E-state index in [4.69, 9.17) is 15.9 Å². The number of carbonyl (C=O) groups is 1. The van der Waals surface area contributed by atoms with Gasteiger partial charge in [0, 0.05) is 24.9 Å². The first kappa shape index (κ1) is 20.6. The molecule has 1 aromatic carbocycles. The molecule has 1 unspecified atom stereocenters. The van der Waals surface area contributed by atoms with Crippen LogP contribution in [0.2, 0.25) is 0 Å². The van der Waals surface area contributed by atoms with E-state index in [1.807, 2.05) is 6.08 Å². The number of methoxy groups -OCH3 is 2. The van der Waals surface area contributed by atoms with Crippen LogP contribution >= 0.6 is 0 Å². The van der Waals surface area contributed by atoms with Crippen LogP contribution in [0.1, 0.15) is 63.4 Å². The van der Waals surface area contributed by atoms with Gasteiger partial charge in [-0.15, -0.1) is 6.42 Å². The molecule has 0 heterocycles. The highest BCUT2D eigenvalue weighted by molar-refractivity contribution is 5.93. The predicted molar refractivity (Wildman–Crippen MR) is 122 cm³/mol. The Balaban J connectivity index is 1.68. The van der Waals surface area contributed by atoms with E-state index in [2.05, 4.69) is 37.1 Å². The molecule has 31 heavy (non-hydrogen) atoms. The van der Waals surface area contributed by atoms with Gasteiger partial charge in [-0.05, 0) is 85.3 Å². The molecule has 4 aliphatic carbocycles. The summed E-state index contributed by atoms with van der Waals surface area (Å²) in [5, 5.41) is 0. The molecule has 0 aliphatic heterocycles. The van der Waals surface area contributed by atoms with Crippen LogP contribution in [0.4, 0.5) is 0 Å². The number of benzene rings is 1. The summed E-state index contributed by atoms with van der Waals surface area (Å²) in [6.45, 7) is 2.38. The van der Waals surface area contributed by atoms with Crippen LogP contribution in [0, 0.1) is 29.6 Å². The summed E-state index contributed by atoms with van der Waals surface area (Å²) in [4.78, 5) is 12.1. The average Bonchev–Trinajstić information content (AvgIpc) is 3.10. The molecule has 3 heteroatoms. The summed E-state index contributed by atoms with van der Waals surface area (Å²) in [5.41, 5.74) is 5.09. The number of ether oxygens (including phenoxy) is 2.